The number of anilines is 1. The summed E-state index contributed by atoms with van der Waals surface area (Å²) in [5, 5.41) is -0.257. The Kier molecular flexibility index (Phi) is 8.58. The van der Waals surface area contributed by atoms with Crippen molar-refractivity contribution in [1.82, 2.24) is 14.3 Å². The van der Waals surface area contributed by atoms with Gasteiger partial charge in [-0.05, 0) is 72.2 Å². The standard InChI is InChI=1S/C31H32ClFN4O3S/c1-21(22-7-4-3-5-8-22)17-31(38)37(20-30-34-15-16-36(30)2)24-12-11-23-9-6-10-29(26(23)18-24)35-41(39,40)25-13-14-28(33)27(32)19-25/h3-5,7-8,11-16,18-19,21,29,35H,6,9-10,17,20H2,1-2H3/t21-,29-/m0/s1. The number of fused-ring (bicyclic) bond motifs is 1. The van der Waals surface area contributed by atoms with E-state index in [9.17, 15) is 17.6 Å². The van der Waals surface area contributed by atoms with Crippen LogP contribution in [0.4, 0.5) is 10.1 Å². The molecule has 10 heteroatoms. The summed E-state index contributed by atoms with van der Waals surface area (Å²) >= 11 is 5.86. The van der Waals surface area contributed by atoms with Crippen molar-refractivity contribution < 1.29 is 17.6 Å². The molecule has 1 N–H and O–H groups in total. The Balaban J connectivity index is 1.46. The van der Waals surface area contributed by atoms with Gasteiger partial charge in [0.15, 0.2) is 0 Å². The quantitative estimate of drug-likeness (QED) is 0.247. The number of nitrogens with zero attached hydrogens (tertiary/aromatic N) is 3. The second-order valence-electron chi connectivity index (χ2n) is 10.5. The van der Waals surface area contributed by atoms with Crippen molar-refractivity contribution in [2.75, 3.05) is 4.90 Å². The molecule has 1 amide bonds. The minimum absolute atomic E-state index is 0.00675. The molecular formula is C31H32ClFN4O3S. The van der Waals surface area contributed by atoms with Crippen LogP contribution in [0, 0.1) is 5.82 Å². The maximum atomic E-state index is 13.8. The van der Waals surface area contributed by atoms with Crippen molar-refractivity contribution in [1.29, 1.82) is 0 Å². The van der Waals surface area contributed by atoms with E-state index in [0.717, 1.165) is 47.5 Å². The van der Waals surface area contributed by atoms with Gasteiger partial charge < -0.3 is 9.47 Å². The van der Waals surface area contributed by atoms with Crippen molar-refractivity contribution >= 4 is 33.2 Å². The van der Waals surface area contributed by atoms with Crippen LogP contribution in [0.15, 0.2) is 84.0 Å². The average Bonchev–Trinajstić information content (AvgIpc) is 3.37. The van der Waals surface area contributed by atoms with Crippen LogP contribution >= 0.6 is 11.6 Å². The fourth-order valence-corrected chi connectivity index (χ4v) is 6.78. The molecule has 0 aliphatic heterocycles. The maximum absolute atomic E-state index is 13.8. The third-order valence-corrected chi connectivity index (χ3v) is 9.38. The molecule has 1 heterocycles. The van der Waals surface area contributed by atoms with E-state index in [1.165, 1.54) is 6.07 Å². The minimum Gasteiger partial charge on any atom is -0.337 e. The second-order valence-corrected chi connectivity index (χ2v) is 12.6. The van der Waals surface area contributed by atoms with Gasteiger partial charge in [-0.15, -0.1) is 0 Å². The summed E-state index contributed by atoms with van der Waals surface area (Å²) in [5.41, 5.74) is 3.60. The number of aromatic nitrogens is 2. The second kappa shape index (κ2) is 12.1. The Bertz CT molecular complexity index is 1660. The van der Waals surface area contributed by atoms with E-state index in [4.69, 9.17) is 11.6 Å². The van der Waals surface area contributed by atoms with Crippen LogP contribution in [-0.4, -0.2) is 23.9 Å². The lowest BCUT2D eigenvalue weighted by Crippen LogP contribution is -2.34. The predicted molar refractivity (Wildman–Crippen MR) is 158 cm³/mol. The van der Waals surface area contributed by atoms with Gasteiger partial charge in [0.1, 0.15) is 11.6 Å². The molecule has 1 aliphatic rings. The molecule has 0 saturated heterocycles. The first kappa shape index (κ1) is 29.0. The Hall–Kier alpha value is -3.53. The van der Waals surface area contributed by atoms with Gasteiger partial charge in [0.25, 0.3) is 0 Å². The molecule has 0 spiro atoms. The first-order valence-corrected chi connectivity index (χ1v) is 15.4. The summed E-state index contributed by atoms with van der Waals surface area (Å²) in [6, 6.07) is 18.6. The van der Waals surface area contributed by atoms with Crippen LogP contribution in [0.3, 0.4) is 0 Å². The number of amides is 1. The molecule has 0 radical (unpaired) electrons. The van der Waals surface area contributed by atoms with Gasteiger partial charge >= 0.3 is 0 Å². The number of benzene rings is 3. The highest BCUT2D eigenvalue weighted by atomic mass is 35.5. The van der Waals surface area contributed by atoms with Crippen LogP contribution in [0.1, 0.15) is 60.7 Å². The molecule has 1 aliphatic carbocycles. The molecule has 0 unspecified atom stereocenters. The Labute approximate surface area is 245 Å². The summed E-state index contributed by atoms with van der Waals surface area (Å²) in [7, 11) is -2.09. The molecule has 0 saturated carbocycles. The zero-order chi connectivity index (χ0) is 29.1. The molecule has 0 fully saturated rings. The number of halogens is 2. The third-order valence-electron chi connectivity index (χ3n) is 7.63. The normalized spacial score (nSPS) is 15.8. The van der Waals surface area contributed by atoms with E-state index >= 15 is 0 Å². The highest BCUT2D eigenvalue weighted by molar-refractivity contribution is 7.89. The summed E-state index contributed by atoms with van der Waals surface area (Å²) in [6.07, 6.45) is 6.02. The fraction of sp³-hybridized carbons (Fsp3) is 0.290. The van der Waals surface area contributed by atoms with Crippen molar-refractivity contribution in [2.45, 2.75) is 56.0 Å². The monoisotopic (exact) mass is 594 g/mol. The van der Waals surface area contributed by atoms with Crippen LogP contribution < -0.4 is 9.62 Å². The summed E-state index contributed by atoms with van der Waals surface area (Å²) in [4.78, 5) is 19.9. The van der Waals surface area contributed by atoms with Crippen LogP contribution in [0.5, 0.6) is 0 Å². The number of imidazole rings is 1. The van der Waals surface area contributed by atoms with Gasteiger partial charge in [0.2, 0.25) is 15.9 Å². The number of rotatable bonds is 9. The van der Waals surface area contributed by atoms with Crippen molar-refractivity contribution in [3.05, 3.63) is 112 Å². The smallest absolute Gasteiger partial charge is 0.241 e. The lowest BCUT2D eigenvalue weighted by atomic mass is 9.87. The fourth-order valence-electron chi connectivity index (χ4n) is 5.26. The van der Waals surface area contributed by atoms with Crippen molar-refractivity contribution in [3.8, 4) is 0 Å². The summed E-state index contributed by atoms with van der Waals surface area (Å²) < 4.78 is 44.8. The molecule has 7 nitrogen and oxygen atoms in total. The highest BCUT2D eigenvalue weighted by Crippen LogP contribution is 2.35. The average molecular weight is 595 g/mol. The van der Waals surface area contributed by atoms with Gasteiger partial charge in [-0.3, -0.25) is 4.79 Å². The Morgan fingerprint density at radius 1 is 1.17 bits per heavy atom. The number of hydrogen-bond acceptors (Lipinski definition) is 4. The zero-order valence-corrected chi connectivity index (χ0v) is 24.5. The zero-order valence-electron chi connectivity index (χ0n) is 22.9. The first-order chi connectivity index (χ1) is 19.6. The van der Waals surface area contributed by atoms with Gasteiger partial charge in [-0.25, -0.2) is 22.5 Å². The van der Waals surface area contributed by atoms with Crippen LogP contribution in [0.25, 0.3) is 0 Å². The maximum Gasteiger partial charge on any atom is 0.241 e. The van der Waals surface area contributed by atoms with Crippen LogP contribution in [-0.2, 0) is 34.8 Å². The molecule has 4 aromatic rings. The highest BCUT2D eigenvalue weighted by Gasteiger charge is 2.28. The van der Waals surface area contributed by atoms with Gasteiger partial charge in [-0.2, -0.15) is 0 Å². The lowest BCUT2D eigenvalue weighted by Gasteiger charge is -2.30. The SMILES string of the molecule is C[C@@H](CC(=O)N(Cc1nccn1C)c1ccc2c(c1)[C@@H](NS(=O)(=O)c1ccc(F)c(Cl)c1)CCC2)c1ccccc1. The Morgan fingerprint density at radius 2 is 1.95 bits per heavy atom. The minimum atomic E-state index is -3.98. The largest absolute Gasteiger partial charge is 0.337 e. The number of sulfonamides is 1. The van der Waals surface area contributed by atoms with E-state index in [-0.39, 0.29) is 28.3 Å². The van der Waals surface area contributed by atoms with Gasteiger partial charge in [0.05, 0.1) is 16.5 Å². The first-order valence-electron chi connectivity index (χ1n) is 13.5. The van der Waals surface area contributed by atoms with Crippen molar-refractivity contribution in [2.24, 2.45) is 7.05 Å². The van der Waals surface area contributed by atoms with Gasteiger partial charge in [-0.1, -0.05) is 54.9 Å². The van der Waals surface area contributed by atoms with E-state index < -0.39 is 21.9 Å². The summed E-state index contributed by atoms with van der Waals surface area (Å²) in [5.74, 6) is -0.00307. The van der Waals surface area contributed by atoms with E-state index in [1.807, 2.05) is 73.3 Å². The molecule has 2 atom stereocenters. The predicted octanol–water partition coefficient (Wildman–Crippen LogP) is 6.30. The number of hydrogen-bond donors (Lipinski definition) is 1. The molecule has 5 rings (SSSR count). The topological polar surface area (TPSA) is 84.3 Å². The molecule has 3 aromatic carbocycles. The van der Waals surface area contributed by atoms with Gasteiger partial charge in [0, 0.05) is 37.6 Å². The number of carbonyl (C=O) groups excluding carboxylic acids is 1. The molecule has 41 heavy (non-hydrogen) atoms. The van der Waals surface area contributed by atoms with Crippen molar-refractivity contribution in [3.63, 3.8) is 0 Å². The molecule has 0 bridgehead atoms. The molecule has 214 valence electrons. The number of carbonyl (C=O) groups is 1. The number of aryl methyl sites for hydroxylation is 2. The van der Waals surface area contributed by atoms with E-state index in [0.29, 0.717) is 18.5 Å². The van der Waals surface area contributed by atoms with E-state index in [1.54, 1.807) is 11.1 Å². The number of nitrogens with one attached hydrogen (secondary N) is 1. The van der Waals surface area contributed by atoms with E-state index in [2.05, 4.69) is 9.71 Å². The summed E-state index contributed by atoms with van der Waals surface area (Å²) in [6.45, 7) is 2.30. The molecule has 1 aromatic heterocycles. The lowest BCUT2D eigenvalue weighted by molar-refractivity contribution is -0.119. The van der Waals surface area contributed by atoms with Crippen LogP contribution in [0.2, 0.25) is 5.02 Å². The third kappa shape index (κ3) is 6.53. The molecular weight excluding hydrogens is 563 g/mol. The Morgan fingerprint density at radius 3 is 2.66 bits per heavy atom.